The number of carbonyl (C=O) groups excluding carboxylic acids is 1. The maximum Gasteiger partial charge on any atom is 0.267 e. The van der Waals surface area contributed by atoms with Crippen molar-refractivity contribution in [3.05, 3.63) is 53.1 Å². The Balaban J connectivity index is 1.80. The van der Waals surface area contributed by atoms with E-state index < -0.39 is 16.1 Å². The van der Waals surface area contributed by atoms with E-state index >= 15 is 0 Å². The van der Waals surface area contributed by atoms with Crippen LogP contribution in [0.2, 0.25) is 0 Å². The molecule has 1 aliphatic rings. The average Bonchev–Trinajstić information content (AvgIpc) is 3.06. The Morgan fingerprint density at radius 2 is 1.86 bits per heavy atom. The average molecular weight is 403 g/mol. The van der Waals surface area contributed by atoms with Crippen molar-refractivity contribution >= 4 is 21.6 Å². The normalized spacial score (nSPS) is 14.9. The van der Waals surface area contributed by atoms with Gasteiger partial charge in [0.15, 0.2) is 6.10 Å². The molecule has 0 aromatic heterocycles. The van der Waals surface area contributed by atoms with E-state index in [4.69, 9.17) is 4.74 Å². The summed E-state index contributed by atoms with van der Waals surface area (Å²) in [7, 11) is -0.487. The summed E-state index contributed by atoms with van der Waals surface area (Å²) in [6, 6.07) is 10.8. The molecule has 0 spiro atoms. The van der Waals surface area contributed by atoms with Gasteiger partial charge in [-0.05, 0) is 62.6 Å². The molecule has 6 nitrogen and oxygen atoms in total. The molecule has 28 heavy (non-hydrogen) atoms. The number of hydrogen-bond donors (Lipinski definition) is 0. The Hall–Kier alpha value is -2.38. The lowest BCUT2D eigenvalue weighted by molar-refractivity contribution is -0.124. The second kappa shape index (κ2) is 7.56. The quantitative estimate of drug-likeness (QED) is 0.771. The second-order valence-corrected chi connectivity index (χ2v) is 9.50. The molecule has 7 heteroatoms. The zero-order valence-electron chi connectivity index (χ0n) is 16.9. The molecule has 0 fully saturated rings. The van der Waals surface area contributed by atoms with E-state index in [1.807, 2.05) is 32.0 Å². The van der Waals surface area contributed by atoms with Gasteiger partial charge in [0, 0.05) is 26.3 Å². The zero-order valence-corrected chi connectivity index (χ0v) is 17.7. The first kappa shape index (κ1) is 20.4. The fraction of sp³-hybridized carbons (Fsp3) is 0.381. The molecule has 2 aromatic rings. The van der Waals surface area contributed by atoms with Crippen LogP contribution in [-0.2, 0) is 21.2 Å². The minimum atomic E-state index is -3.50. The van der Waals surface area contributed by atoms with Crippen molar-refractivity contribution in [1.82, 2.24) is 4.31 Å². The summed E-state index contributed by atoms with van der Waals surface area (Å²) in [6.07, 6.45) is -0.0220. The molecule has 0 saturated carbocycles. The van der Waals surface area contributed by atoms with Crippen LogP contribution < -0.4 is 9.64 Å². The summed E-state index contributed by atoms with van der Waals surface area (Å²) in [5.74, 6) is 0.556. The van der Waals surface area contributed by atoms with E-state index in [0.29, 0.717) is 18.7 Å². The Morgan fingerprint density at radius 1 is 1.14 bits per heavy atom. The van der Waals surface area contributed by atoms with Gasteiger partial charge < -0.3 is 9.64 Å². The molecule has 3 rings (SSSR count). The number of amides is 1. The lowest BCUT2D eigenvalue weighted by atomic mass is 10.1. The summed E-state index contributed by atoms with van der Waals surface area (Å²) in [4.78, 5) is 14.9. The third-order valence-electron chi connectivity index (χ3n) is 4.97. The first-order chi connectivity index (χ1) is 13.1. The summed E-state index contributed by atoms with van der Waals surface area (Å²) < 4.78 is 31.8. The molecule has 0 saturated heterocycles. The molecule has 0 N–H and O–H groups in total. The van der Waals surface area contributed by atoms with E-state index in [0.717, 1.165) is 22.4 Å². The summed E-state index contributed by atoms with van der Waals surface area (Å²) >= 11 is 0. The maximum atomic E-state index is 13.0. The number of hydrogen-bond acceptors (Lipinski definition) is 4. The predicted octanol–water partition coefficient (Wildman–Crippen LogP) is 2.91. The van der Waals surface area contributed by atoms with Crippen molar-refractivity contribution in [2.24, 2.45) is 0 Å². The number of anilines is 1. The molecular formula is C21H26N2O4S. The molecule has 1 amide bonds. The van der Waals surface area contributed by atoms with Gasteiger partial charge in [-0.3, -0.25) is 4.79 Å². The highest BCUT2D eigenvalue weighted by atomic mass is 32.2. The Morgan fingerprint density at radius 3 is 2.50 bits per heavy atom. The van der Waals surface area contributed by atoms with Gasteiger partial charge in [0.2, 0.25) is 10.0 Å². The number of nitrogens with zero attached hydrogens (tertiary/aromatic N) is 2. The van der Waals surface area contributed by atoms with Gasteiger partial charge in [-0.15, -0.1) is 0 Å². The topological polar surface area (TPSA) is 66.9 Å². The molecule has 0 bridgehead atoms. The fourth-order valence-corrected chi connectivity index (χ4v) is 4.32. The second-order valence-electron chi connectivity index (χ2n) is 7.35. The predicted molar refractivity (Wildman–Crippen MR) is 109 cm³/mol. The molecule has 2 aromatic carbocycles. The highest BCUT2D eigenvalue weighted by Crippen LogP contribution is 2.32. The lowest BCUT2D eigenvalue weighted by Crippen LogP contribution is -2.39. The number of benzene rings is 2. The monoisotopic (exact) mass is 402 g/mol. The van der Waals surface area contributed by atoms with Crippen molar-refractivity contribution in [2.45, 2.75) is 38.2 Å². The molecule has 0 unspecified atom stereocenters. The minimum Gasteiger partial charge on any atom is -0.481 e. The van der Waals surface area contributed by atoms with Crippen LogP contribution in [0.1, 0.15) is 23.6 Å². The van der Waals surface area contributed by atoms with Crippen LogP contribution in [0, 0.1) is 13.8 Å². The lowest BCUT2D eigenvalue weighted by Gasteiger charge is -2.23. The number of sulfonamides is 1. The number of rotatable bonds is 5. The largest absolute Gasteiger partial charge is 0.481 e. The van der Waals surface area contributed by atoms with Crippen molar-refractivity contribution in [3.63, 3.8) is 0 Å². The maximum absolute atomic E-state index is 13.0. The number of aryl methyl sites for hydroxylation is 2. The fourth-order valence-electron chi connectivity index (χ4n) is 3.37. The van der Waals surface area contributed by atoms with Gasteiger partial charge in [-0.1, -0.05) is 17.7 Å². The molecule has 1 aliphatic heterocycles. The highest BCUT2D eigenvalue weighted by Gasteiger charge is 2.30. The smallest absolute Gasteiger partial charge is 0.267 e. The van der Waals surface area contributed by atoms with E-state index in [1.165, 1.54) is 18.4 Å². The summed E-state index contributed by atoms with van der Waals surface area (Å²) in [6.45, 7) is 6.22. The number of ether oxygens (including phenoxy) is 1. The highest BCUT2D eigenvalue weighted by molar-refractivity contribution is 7.89. The SMILES string of the molecule is Cc1ccc(O[C@H](C)C(=O)N2CCc3cc(S(=O)(=O)N(C)C)ccc32)c(C)c1. The van der Waals surface area contributed by atoms with Crippen molar-refractivity contribution in [2.75, 3.05) is 25.5 Å². The van der Waals surface area contributed by atoms with Crippen LogP contribution in [-0.4, -0.2) is 45.4 Å². The Kier molecular flexibility index (Phi) is 5.50. The third-order valence-corrected chi connectivity index (χ3v) is 6.78. The first-order valence-electron chi connectivity index (χ1n) is 9.22. The van der Waals surface area contributed by atoms with Gasteiger partial charge in [0.05, 0.1) is 4.90 Å². The van der Waals surface area contributed by atoms with E-state index in [9.17, 15) is 13.2 Å². The van der Waals surface area contributed by atoms with E-state index in [-0.39, 0.29) is 10.8 Å². The Labute approximate surface area is 166 Å². The summed E-state index contributed by atoms with van der Waals surface area (Å²) in [5, 5.41) is 0. The number of fused-ring (bicyclic) bond motifs is 1. The summed E-state index contributed by atoms with van der Waals surface area (Å²) in [5.41, 5.74) is 3.73. The third kappa shape index (κ3) is 3.77. The van der Waals surface area contributed by atoms with E-state index in [2.05, 4.69) is 0 Å². The van der Waals surface area contributed by atoms with Crippen LogP contribution >= 0.6 is 0 Å². The zero-order chi connectivity index (χ0) is 20.6. The molecular weight excluding hydrogens is 376 g/mol. The van der Waals surface area contributed by atoms with Crippen molar-refractivity contribution < 1.29 is 17.9 Å². The van der Waals surface area contributed by atoms with Crippen LogP contribution in [0.25, 0.3) is 0 Å². The molecule has 150 valence electrons. The van der Waals surface area contributed by atoms with Crippen LogP contribution in [0.3, 0.4) is 0 Å². The van der Waals surface area contributed by atoms with E-state index in [1.54, 1.807) is 30.0 Å². The molecule has 0 radical (unpaired) electrons. The Bertz CT molecular complexity index is 1020. The van der Waals surface area contributed by atoms with Gasteiger partial charge in [0.25, 0.3) is 5.91 Å². The first-order valence-corrected chi connectivity index (χ1v) is 10.7. The standard InChI is InChI=1S/C21H26N2O4S/c1-14-6-9-20(15(2)12-14)27-16(3)21(24)23-11-10-17-13-18(7-8-19(17)23)28(25,26)22(4)5/h6-9,12-13,16H,10-11H2,1-5H3/t16-/m1/s1. The van der Waals surface area contributed by atoms with Gasteiger partial charge in [-0.2, -0.15) is 0 Å². The molecule has 0 aliphatic carbocycles. The van der Waals surface area contributed by atoms with Crippen LogP contribution in [0.4, 0.5) is 5.69 Å². The van der Waals surface area contributed by atoms with Crippen LogP contribution in [0.5, 0.6) is 5.75 Å². The van der Waals surface area contributed by atoms with Crippen LogP contribution in [0.15, 0.2) is 41.3 Å². The van der Waals surface area contributed by atoms with Crippen molar-refractivity contribution in [1.29, 1.82) is 0 Å². The molecule has 1 heterocycles. The molecule has 1 atom stereocenters. The van der Waals surface area contributed by atoms with Gasteiger partial charge >= 0.3 is 0 Å². The van der Waals surface area contributed by atoms with Crippen molar-refractivity contribution in [3.8, 4) is 5.75 Å². The van der Waals surface area contributed by atoms with Gasteiger partial charge in [0.1, 0.15) is 5.75 Å². The van der Waals surface area contributed by atoms with Gasteiger partial charge in [-0.25, -0.2) is 12.7 Å². The minimum absolute atomic E-state index is 0.137. The number of carbonyl (C=O) groups is 1.